The van der Waals surface area contributed by atoms with Crippen LogP contribution in [0.5, 0.6) is 0 Å². The monoisotopic (exact) mass is 430 g/mol. The SMILES string of the molecule is CC1(C)c2ccccc2-c2ccc(-c3ccc(-c4ccnc(-c5ccccn5)c4)s3)cc21. The van der Waals surface area contributed by atoms with Gasteiger partial charge in [-0.3, -0.25) is 9.97 Å². The summed E-state index contributed by atoms with van der Waals surface area (Å²) in [6, 6.07) is 30.3. The Morgan fingerprint density at radius 2 is 1.31 bits per heavy atom. The van der Waals surface area contributed by atoms with Crippen molar-refractivity contribution in [2.75, 3.05) is 0 Å². The Labute approximate surface area is 192 Å². The number of rotatable bonds is 3. The molecule has 0 unspecified atom stereocenters. The Bertz CT molecular complexity index is 1450. The largest absolute Gasteiger partial charge is 0.255 e. The van der Waals surface area contributed by atoms with E-state index in [1.165, 1.54) is 43.1 Å². The molecular formula is C29H22N2S. The second kappa shape index (κ2) is 7.25. The Morgan fingerprint density at radius 3 is 2.12 bits per heavy atom. The molecule has 3 aromatic heterocycles. The highest BCUT2D eigenvalue weighted by Crippen LogP contribution is 2.50. The minimum absolute atomic E-state index is 0.0186. The summed E-state index contributed by atoms with van der Waals surface area (Å²) in [7, 11) is 0. The van der Waals surface area contributed by atoms with Gasteiger partial charge in [0, 0.05) is 27.6 Å². The van der Waals surface area contributed by atoms with Crippen LogP contribution in [0.25, 0.3) is 43.4 Å². The maximum absolute atomic E-state index is 4.52. The van der Waals surface area contributed by atoms with Gasteiger partial charge in [-0.15, -0.1) is 11.3 Å². The first-order valence-electron chi connectivity index (χ1n) is 10.8. The third-order valence-electron chi connectivity index (χ3n) is 6.45. The van der Waals surface area contributed by atoms with Crippen molar-refractivity contribution in [3.8, 4) is 43.4 Å². The fraction of sp³-hybridized carbons (Fsp3) is 0.103. The summed E-state index contributed by atoms with van der Waals surface area (Å²) in [5.41, 5.74) is 9.81. The highest BCUT2D eigenvalue weighted by atomic mass is 32.1. The van der Waals surface area contributed by atoms with Gasteiger partial charge in [0.05, 0.1) is 11.4 Å². The van der Waals surface area contributed by atoms with Crippen LogP contribution >= 0.6 is 11.3 Å². The topological polar surface area (TPSA) is 25.8 Å². The molecule has 1 aliphatic carbocycles. The van der Waals surface area contributed by atoms with Crippen molar-refractivity contribution in [2.24, 2.45) is 0 Å². The molecule has 0 radical (unpaired) electrons. The molecule has 32 heavy (non-hydrogen) atoms. The molecule has 0 aliphatic heterocycles. The molecule has 3 heteroatoms. The van der Waals surface area contributed by atoms with Crippen LogP contribution in [0.15, 0.2) is 97.3 Å². The molecule has 2 nitrogen and oxygen atoms in total. The predicted octanol–water partition coefficient (Wildman–Crippen LogP) is 7.85. The van der Waals surface area contributed by atoms with Crippen molar-refractivity contribution < 1.29 is 0 Å². The second-order valence-electron chi connectivity index (χ2n) is 8.74. The summed E-state index contributed by atoms with van der Waals surface area (Å²) >= 11 is 1.82. The van der Waals surface area contributed by atoms with Crippen LogP contribution in [-0.4, -0.2) is 9.97 Å². The molecule has 5 aromatic rings. The van der Waals surface area contributed by atoms with E-state index in [-0.39, 0.29) is 5.41 Å². The van der Waals surface area contributed by atoms with E-state index in [9.17, 15) is 0 Å². The van der Waals surface area contributed by atoms with Crippen LogP contribution in [-0.2, 0) is 5.41 Å². The van der Waals surface area contributed by atoms with Gasteiger partial charge in [0.25, 0.3) is 0 Å². The number of aromatic nitrogens is 2. The average molecular weight is 431 g/mol. The molecule has 2 aromatic carbocycles. The van der Waals surface area contributed by atoms with Crippen LogP contribution in [0.1, 0.15) is 25.0 Å². The highest BCUT2D eigenvalue weighted by Gasteiger charge is 2.35. The number of pyridine rings is 2. The molecule has 3 heterocycles. The fourth-order valence-corrected chi connectivity index (χ4v) is 5.74. The molecular weight excluding hydrogens is 408 g/mol. The van der Waals surface area contributed by atoms with E-state index >= 15 is 0 Å². The minimum atomic E-state index is 0.0186. The van der Waals surface area contributed by atoms with Crippen molar-refractivity contribution in [3.05, 3.63) is 108 Å². The van der Waals surface area contributed by atoms with E-state index in [2.05, 4.69) is 90.5 Å². The number of fused-ring (bicyclic) bond motifs is 3. The second-order valence-corrected chi connectivity index (χ2v) is 9.82. The van der Waals surface area contributed by atoms with Crippen molar-refractivity contribution in [3.63, 3.8) is 0 Å². The van der Waals surface area contributed by atoms with Crippen molar-refractivity contribution in [2.45, 2.75) is 19.3 Å². The Hall–Kier alpha value is -3.56. The van der Waals surface area contributed by atoms with Gasteiger partial charge >= 0.3 is 0 Å². The zero-order valence-electron chi connectivity index (χ0n) is 18.0. The van der Waals surface area contributed by atoms with Crippen LogP contribution in [0, 0.1) is 0 Å². The normalized spacial score (nSPS) is 13.6. The molecule has 0 spiro atoms. The summed E-state index contributed by atoms with van der Waals surface area (Å²) in [4.78, 5) is 11.5. The van der Waals surface area contributed by atoms with Crippen molar-refractivity contribution >= 4 is 11.3 Å². The zero-order chi connectivity index (χ0) is 21.7. The van der Waals surface area contributed by atoms with Crippen LogP contribution in [0.4, 0.5) is 0 Å². The quantitative estimate of drug-likeness (QED) is 0.291. The predicted molar refractivity (Wildman–Crippen MR) is 134 cm³/mol. The van der Waals surface area contributed by atoms with Gasteiger partial charge in [0.2, 0.25) is 0 Å². The number of hydrogen-bond donors (Lipinski definition) is 0. The number of thiophene rings is 1. The summed E-state index contributed by atoms with van der Waals surface area (Å²) in [6.07, 6.45) is 3.68. The van der Waals surface area contributed by atoms with Gasteiger partial charge in [-0.25, -0.2) is 0 Å². The standard InChI is InChI=1S/C29H22N2S/c1-29(2)23-8-4-3-7-21(23)22-11-10-19(17-24(22)29)27-12-13-28(32-27)20-14-16-31-26(18-20)25-9-5-6-15-30-25/h3-18H,1-2H3. The highest BCUT2D eigenvalue weighted by molar-refractivity contribution is 7.18. The third-order valence-corrected chi connectivity index (χ3v) is 7.63. The van der Waals surface area contributed by atoms with Gasteiger partial charge in [0.1, 0.15) is 0 Å². The Morgan fingerprint density at radius 1 is 0.594 bits per heavy atom. The molecule has 0 saturated carbocycles. The van der Waals surface area contributed by atoms with E-state index in [4.69, 9.17) is 0 Å². The number of benzene rings is 2. The number of nitrogens with zero attached hydrogens (tertiary/aromatic N) is 2. The van der Waals surface area contributed by atoms with Gasteiger partial charge < -0.3 is 0 Å². The van der Waals surface area contributed by atoms with Crippen LogP contribution in [0.2, 0.25) is 0 Å². The lowest BCUT2D eigenvalue weighted by Crippen LogP contribution is -2.14. The van der Waals surface area contributed by atoms with Gasteiger partial charge in [0.15, 0.2) is 0 Å². The summed E-state index contributed by atoms with van der Waals surface area (Å²) in [6.45, 7) is 4.66. The lowest BCUT2D eigenvalue weighted by atomic mass is 9.82. The number of hydrogen-bond acceptors (Lipinski definition) is 3. The minimum Gasteiger partial charge on any atom is -0.255 e. The van der Waals surface area contributed by atoms with E-state index in [0.29, 0.717) is 0 Å². The Kier molecular flexibility index (Phi) is 4.34. The van der Waals surface area contributed by atoms with E-state index in [1.54, 1.807) is 6.20 Å². The molecule has 0 fully saturated rings. The van der Waals surface area contributed by atoms with Gasteiger partial charge in [-0.05, 0) is 75.8 Å². The molecule has 0 saturated heterocycles. The Balaban J connectivity index is 1.37. The van der Waals surface area contributed by atoms with E-state index in [0.717, 1.165) is 11.4 Å². The lowest BCUT2D eigenvalue weighted by molar-refractivity contribution is 0.660. The van der Waals surface area contributed by atoms with E-state index in [1.807, 2.05) is 35.7 Å². The first kappa shape index (κ1) is 19.1. The maximum Gasteiger partial charge on any atom is 0.0892 e. The van der Waals surface area contributed by atoms with Gasteiger partial charge in [-0.2, -0.15) is 0 Å². The smallest absolute Gasteiger partial charge is 0.0892 e. The molecule has 0 N–H and O–H groups in total. The average Bonchev–Trinajstić information content (AvgIpc) is 3.42. The molecule has 0 atom stereocenters. The van der Waals surface area contributed by atoms with Crippen molar-refractivity contribution in [1.29, 1.82) is 0 Å². The van der Waals surface area contributed by atoms with Crippen LogP contribution in [0.3, 0.4) is 0 Å². The molecule has 0 bridgehead atoms. The van der Waals surface area contributed by atoms with Crippen molar-refractivity contribution in [1.82, 2.24) is 9.97 Å². The first-order valence-corrected chi connectivity index (χ1v) is 11.7. The fourth-order valence-electron chi connectivity index (χ4n) is 4.74. The summed E-state index contributed by atoms with van der Waals surface area (Å²) < 4.78 is 0. The zero-order valence-corrected chi connectivity index (χ0v) is 18.9. The summed E-state index contributed by atoms with van der Waals surface area (Å²) in [5.74, 6) is 0. The first-order chi connectivity index (χ1) is 15.6. The molecule has 1 aliphatic rings. The van der Waals surface area contributed by atoms with Crippen LogP contribution < -0.4 is 0 Å². The maximum atomic E-state index is 4.52. The molecule has 0 amide bonds. The molecule has 6 rings (SSSR count). The lowest BCUT2D eigenvalue weighted by Gasteiger charge is -2.21. The molecule has 154 valence electrons. The van der Waals surface area contributed by atoms with E-state index < -0.39 is 0 Å². The van der Waals surface area contributed by atoms with Gasteiger partial charge in [-0.1, -0.05) is 56.3 Å². The third kappa shape index (κ3) is 3.01. The summed E-state index contributed by atoms with van der Waals surface area (Å²) in [5, 5.41) is 0.